The van der Waals surface area contributed by atoms with E-state index in [0.717, 1.165) is 22.3 Å². The van der Waals surface area contributed by atoms with Crippen LogP contribution in [0.5, 0.6) is 0 Å². The number of carbonyl (C=O) groups excluding carboxylic acids is 1. The first-order valence-corrected chi connectivity index (χ1v) is 12.2. The summed E-state index contributed by atoms with van der Waals surface area (Å²) in [5.74, 6) is 0.188. The smallest absolute Gasteiger partial charge is 0.227 e. The van der Waals surface area contributed by atoms with E-state index >= 15 is 0 Å². The second-order valence-electron chi connectivity index (χ2n) is 8.57. The standard InChI is InChI=1S/C26H30N4O3S/c1-18(2)16-30(17-20-7-6-10-22(13-20)26(27)28)25(31)15-19-11-12-23(21-8-4-3-5-9-21)24(14-19)29-34(32)33/h3-14,18,34H,15-17H2,1-2H3,(H3,27,28)(H,29,32,33). The number of carbonyl (C=O) groups is 1. The van der Waals surface area contributed by atoms with E-state index < -0.39 is 10.9 Å². The molecule has 0 atom stereocenters. The molecule has 3 rings (SSSR count). The zero-order valence-corrected chi connectivity index (χ0v) is 20.2. The molecule has 0 bridgehead atoms. The van der Waals surface area contributed by atoms with Crippen LogP contribution in [0.15, 0.2) is 72.8 Å². The highest BCUT2D eigenvalue weighted by atomic mass is 32.2. The van der Waals surface area contributed by atoms with Crippen LogP contribution < -0.4 is 10.5 Å². The van der Waals surface area contributed by atoms with Gasteiger partial charge in [-0.2, -0.15) is 0 Å². The SMILES string of the molecule is CC(C)CN(Cc1cccc(C(=N)N)c1)C(=O)Cc1ccc(-c2ccccc2)c(N[SH](=O)=O)c1. The summed E-state index contributed by atoms with van der Waals surface area (Å²) in [5, 5.41) is 7.66. The van der Waals surface area contributed by atoms with Crippen molar-refractivity contribution in [2.24, 2.45) is 11.7 Å². The predicted molar refractivity (Wildman–Crippen MR) is 137 cm³/mol. The molecule has 0 aliphatic carbocycles. The lowest BCUT2D eigenvalue weighted by atomic mass is 10.00. The number of hydrogen-bond donors (Lipinski definition) is 4. The summed E-state index contributed by atoms with van der Waals surface area (Å²) in [7, 11) is -2.86. The van der Waals surface area contributed by atoms with Crippen LogP contribution in [0.2, 0.25) is 0 Å². The van der Waals surface area contributed by atoms with Crippen molar-refractivity contribution in [3.63, 3.8) is 0 Å². The number of nitrogens with one attached hydrogen (secondary N) is 2. The summed E-state index contributed by atoms with van der Waals surface area (Å²) >= 11 is 0. The lowest BCUT2D eigenvalue weighted by molar-refractivity contribution is -0.131. The van der Waals surface area contributed by atoms with Crippen LogP contribution >= 0.6 is 0 Å². The highest BCUT2D eigenvalue weighted by Crippen LogP contribution is 2.29. The monoisotopic (exact) mass is 478 g/mol. The fraction of sp³-hybridized carbons (Fsp3) is 0.231. The zero-order chi connectivity index (χ0) is 24.7. The van der Waals surface area contributed by atoms with E-state index in [4.69, 9.17) is 11.1 Å². The van der Waals surface area contributed by atoms with E-state index in [2.05, 4.69) is 4.72 Å². The van der Waals surface area contributed by atoms with E-state index in [1.165, 1.54) is 0 Å². The number of anilines is 1. The van der Waals surface area contributed by atoms with E-state index in [-0.39, 0.29) is 24.1 Å². The average Bonchev–Trinajstić information content (AvgIpc) is 2.79. The molecule has 0 aliphatic heterocycles. The van der Waals surface area contributed by atoms with Crippen LogP contribution in [0, 0.1) is 11.3 Å². The number of hydrogen-bond acceptors (Lipinski definition) is 4. The van der Waals surface area contributed by atoms with E-state index in [0.29, 0.717) is 24.3 Å². The van der Waals surface area contributed by atoms with Gasteiger partial charge in [0.15, 0.2) is 0 Å². The number of amidine groups is 1. The number of nitrogen functional groups attached to an aromatic ring is 1. The number of nitrogens with two attached hydrogens (primary N) is 1. The Morgan fingerprint density at radius 2 is 1.74 bits per heavy atom. The molecule has 0 aromatic heterocycles. The Hall–Kier alpha value is -3.65. The van der Waals surface area contributed by atoms with Gasteiger partial charge < -0.3 is 10.6 Å². The van der Waals surface area contributed by atoms with E-state index in [1.807, 2.05) is 74.5 Å². The van der Waals surface area contributed by atoms with Gasteiger partial charge in [-0.3, -0.25) is 14.9 Å². The summed E-state index contributed by atoms with van der Waals surface area (Å²) in [6.45, 7) is 5.07. The molecule has 7 nitrogen and oxygen atoms in total. The molecule has 0 saturated carbocycles. The first-order chi connectivity index (χ1) is 16.2. The van der Waals surface area contributed by atoms with Crippen LogP contribution in [-0.2, 0) is 28.7 Å². The average molecular weight is 479 g/mol. The van der Waals surface area contributed by atoms with Gasteiger partial charge in [0.1, 0.15) is 5.84 Å². The Kier molecular flexibility index (Phi) is 8.43. The van der Waals surface area contributed by atoms with Crippen molar-refractivity contribution in [1.82, 2.24) is 4.90 Å². The minimum absolute atomic E-state index is 0.0150. The second-order valence-corrected chi connectivity index (χ2v) is 9.31. The molecule has 4 N–H and O–H groups in total. The summed E-state index contributed by atoms with van der Waals surface area (Å²) < 4.78 is 25.3. The van der Waals surface area contributed by atoms with Crippen molar-refractivity contribution < 1.29 is 13.2 Å². The Bertz CT molecular complexity index is 1230. The topological polar surface area (TPSA) is 116 Å². The van der Waals surface area contributed by atoms with Crippen molar-refractivity contribution in [1.29, 1.82) is 5.41 Å². The number of rotatable bonds is 10. The van der Waals surface area contributed by atoms with Crippen LogP contribution in [0.25, 0.3) is 11.1 Å². The third-order valence-corrected chi connectivity index (χ3v) is 5.71. The molecule has 0 saturated heterocycles. The number of nitrogens with zero attached hydrogens (tertiary/aromatic N) is 1. The van der Waals surface area contributed by atoms with Crippen molar-refractivity contribution in [2.45, 2.75) is 26.8 Å². The van der Waals surface area contributed by atoms with Crippen molar-refractivity contribution in [2.75, 3.05) is 11.3 Å². The van der Waals surface area contributed by atoms with Gasteiger partial charge in [-0.15, -0.1) is 0 Å². The Morgan fingerprint density at radius 3 is 2.38 bits per heavy atom. The molecule has 3 aromatic carbocycles. The molecule has 0 fully saturated rings. The number of benzene rings is 3. The van der Waals surface area contributed by atoms with Gasteiger partial charge in [0.05, 0.1) is 12.1 Å². The first-order valence-electron chi connectivity index (χ1n) is 11.0. The van der Waals surface area contributed by atoms with Gasteiger partial charge in [-0.05, 0) is 34.7 Å². The molecule has 34 heavy (non-hydrogen) atoms. The molecule has 0 aliphatic rings. The number of thiol groups is 1. The maximum absolute atomic E-state index is 13.3. The highest BCUT2D eigenvalue weighted by molar-refractivity contribution is 7.73. The molecular formula is C26H30N4O3S. The van der Waals surface area contributed by atoms with Gasteiger partial charge in [-0.1, -0.05) is 74.5 Å². The number of amides is 1. The van der Waals surface area contributed by atoms with Gasteiger partial charge >= 0.3 is 0 Å². The van der Waals surface area contributed by atoms with Crippen molar-refractivity contribution in [3.8, 4) is 11.1 Å². The van der Waals surface area contributed by atoms with Crippen molar-refractivity contribution >= 4 is 28.3 Å². The summed E-state index contributed by atoms with van der Waals surface area (Å²) in [5.41, 5.74) is 9.91. The largest absolute Gasteiger partial charge is 0.384 e. The van der Waals surface area contributed by atoms with Crippen molar-refractivity contribution in [3.05, 3.63) is 89.5 Å². The Morgan fingerprint density at radius 1 is 1.00 bits per heavy atom. The fourth-order valence-electron chi connectivity index (χ4n) is 3.80. The molecule has 0 radical (unpaired) electrons. The van der Waals surface area contributed by atoms with Gasteiger partial charge in [0, 0.05) is 24.2 Å². The molecule has 0 unspecified atom stereocenters. The molecule has 8 heteroatoms. The second kappa shape index (κ2) is 11.5. The van der Waals surface area contributed by atoms with Crippen LogP contribution in [0.3, 0.4) is 0 Å². The molecule has 0 spiro atoms. The summed E-state index contributed by atoms with van der Waals surface area (Å²) in [6.07, 6.45) is 0.137. The van der Waals surface area contributed by atoms with Crippen LogP contribution in [-0.4, -0.2) is 31.6 Å². The minimum atomic E-state index is -2.86. The zero-order valence-electron chi connectivity index (χ0n) is 19.3. The van der Waals surface area contributed by atoms with E-state index in [9.17, 15) is 13.2 Å². The van der Waals surface area contributed by atoms with Gasteiger partial charge in [0.2, 0.25) is 16.8 Å². The van der Waals surface area contributed by atoms with Crippen LogP contribution in [0.1, 0.15) is 30.5 Å². The fourth-order valence-corrected chi connectivity index (χ4v) is 4.18. The molecule has 0 heterocycles. The Labute approximate surface area is 202 Å². The van der Waals surface area contributed by atoms with E-state index in [1.54, 1.807) is 17.0 Å². The Balaban J connectivity index is 1.85. The van der Waals surface area contributed by atoms with Gasteiger partial charge in [-0.25, -0.2) is 8.42 Å². The summed E-state index contributed by atoms with van der Waals surface area (Å²) in [6, 6.07) is 22.2. The predicted octanol–water partition coefficient (Wildman–Crippen LogP) is 3.80. The molecule has 1 amide bonds. The molecule has 178 valence electrons. The third kappa shape index (κ3) is 6.92. The van der Waals surface area contributed by atoms with Crippen LogP contribution in [0.4, 0.5) is 5.69 Å². The maximum atomic E-state index is 13.3. The normalized spacial score (nSPS) is 10.9. The lowest BCUT2D eigenvalue weighted by Crippen LogP contribution is -2.35. The lowest BCUT2D eigenvalue weighted by Gasteiger charge is -2.25. The quantitative estimate of drug-likeness (QED) is 0.201. The van der Waals surface area contributed by atoms with Gasteiger partial charge in [0.25, 0.3) is 0 Å². The molecular weight excluding hydrogens is 448 g/mol. The highest BCUT2D eigenvalue weighted by Gasteiger charge is 2.18. The third-order valence-electron chi connectivity index (χ3n) is 5.29. The minimum Gasteiger partial charge on any atom is -0.384 e. The first kappa shape index (κ1) is 25.0. The maximum Gasteiger partial charge on any atom is 0.227 e. The molecule has 3 aromatic rings. The summed E-state index contributed by atoms with van der Waals surface area (Å²) in [4.78, 5) is 15.1.